The standard InChI is InChI=1S/C42H34N2/c1-4-13-30(2)38-26-24-36(28-31(38)3)43(35-22-20-33(21-23-35)32-14-7-5-8-15-32)37-25-27-42-40(29-37)39-18-11-12-19-41(39)44(42)34-16-9-6-10-17-34/h4-29H,2H2,1,3H3/b13-4-. The maximum absolute atomic E-state index is 4.29. The molecule has 1 aromatic heterocycles. The van der Waals surface area contributed by atoms with Crippen molar-refractivity contribution in [1.82, 2.24) is 4.57 Å². The largest absolute Gasteiger partial charge is 0.310 e. The molecule has 6 aromatic carbocycles. The first-order chi connectivity index (χ1) is 21.6. The van der Waals surface area contributed by atoms with Gasteiger partial charge in [-0.05, 0) is 102 Å². The third kappa shape index (κ3) is 4.91. The summed E-state index contributed by atoms with van der Waals surface area (Å²) >= 11 is 0. The lowest BCUT2D eigenvalue weighted by atomic mass is 9.99. The molecule has 0 radical (unpaired) electrons. The van der Waals surface area contributed by atoms with Crippen molar-refractivity contribution in [3.8, 4) is 16.8 Å². The second-order valence-electron chi connectivity index (χ2n) is 11.2. The molecule has 0 saturated carbocycles. The van der Waals surface area contributed by atoms with Crippen molar-refractivity contribution < 1.29 is 0 Å². The summed E-state index contributed by atoms with van der Waals surface area (Å²) in [6.07, 6.45) is 4.11. The fraction of sp³-hybridized carbons (Fsp3) is 0.0476. The second-order valence-corrected chi connectivity index (χ2v) is 11.2. The van der Waals surface area contributed by atoms with E-state index in [0.29, 0.717) is 0 Å². The number of anilines is 3. The molecule has 2 nitrogen and oxygen atoms in total. The molecule has 7 aromatic rings. The highest BCUT2D eigenvalue weighted by Crippen LogP contribution is 2.41. The van der Waals surface area contributed by atoms with Crippen molar-refractivity contribution in [2.75, 3.05) is 4.90 Å². The molecule has 0 bridgehead atoms. The number of benzene rings is 6. The minimum absolute atomic E-state index is 1.02. The zero-order chi connectivity index (χ0) is 30.0. The summed E-state index contributed by atoms with van der Waals surface area (Å²) < 4.78 is 2.36. The first-order valence-corrected chi connectivity index (χ1v) is 15.1. The molecule has 0 unspecified atom stereocenters. The minimum Gasteiger partial charge on any atom is -0.310 e. The number of hydrogen-bond acceptors (Lipinski definition) is 1. The molecule has 0 saturated heterocycles. The van der Waals surface area contributed by atoms with Crippen molar-refractivity contribution in [3.63, 3.8) is 0 Å². The van der Waals surface area contributed by atoms with Gasteiger partial charge in [0.1, 0.15) is 0 Å². The van der Waals surface area contributed by atoms with Crippen LogP contribution < -0.4 is 4.90 Å². The fourth-order valence-corrected chi connectivity index (χ4v) is 6.27. The summed E-state index contributed by atoms with van der Waals surface area (Å²) in [5.41, 5.74) is 12.7. The molecule has 0 aliphatic heterocycles. The Kier molecular flexibility index (Phi) is 7.17. The van der Waals surface area contributed by atoms with Gasteiger partial charge in [0.25, 0.3) is 0 Å². The number of hydrogen-bond donors (Lipinski definition) is 0. The molecule has 2 heteroatoms. The molecular formula is C42H34N2. The quantitative estimate of drug-likeness (QED) is 0.174. The maximum atomic E-state index is 4.29. The summed E-state index contributed by atoms with van der Waals surface area (Å²) in [5.74, 6) is 0. The number of aromatic nitrogens is 1. The van der Waals surface area contributed by atoms with Gasteiger partial charge in [-0.1, -0.05) is 104 Å². The van der Waals surface area contributed by atoms with Crippen LogP contribution in [0.1, 0.15) is 18.1 Å². The highest BCUT2D eigenvalue weighted by Gasteiger charge is 2.18. The fourth-order valence-electron chi connectivity index (χ4n) is 6.27. The van der Waals surface area contributed by atoms with Crippen LogP contribution >= 0.6 is 0 Å². The Hall–Kier alpha value is -5.60. The molecule has 0 atom stereocenters. The van der Waals surface area contributed by atoms with Gasteiger partial charge in [-0.2, -0.15) is 0 Å². The van der Waals surface area contributed by atoms with Crippen LogP contribution in [0.25, 0.3) is 44.2 Å². The van der Waals surface area contributed by atoms with Gasteiger partial charge in [-0.25, -0.2) is 0 Å². The van der Waals surface area contributed by atoms with Crippen LogP contribution in [0.2, 0.25) is 0 Å². The molecule has 0 fully saturated rings. The SMILES string of the molecule is C=C(/C=C\C)c1ccc(N(c2ccc(-c3ccccc3)cc2)c2ccc3c(c2)c2ccccc2n3-c2ccccc2)cc1C. The molecular weight excluding hydrogens is 532 g/mol. The second kappa shape index (κ2) is 11.6. The number of aryl methyl sites for hydroxylation is 1. The van der Waals surface area contributed by atoms with E-state index in [1.54, 1.807) is 0 Å². The molecule has 44 heavy (non-hydrogen) atoms. The molecule has 0 N–H and O–H groups in total. The highest BCUT2D eigenvalue weighted by atomic mass is 15.1. The molecule has 1 heterocycles. The number of allylic oxidation sites excluding steroid dienone is 3. The van der Waals surface area contributed by atoms with Gasteiger partial charge in [0, 0.05) is 33.5 Å². The predicted molar refractivity (Wildman–Crippen MR) is 189 cm³/mol. The Balaban J connectivity index is 1.41. The molecule has 212 valence electrons. The van der Waals surface area contributed by atoms with Crippen molar-refractivity contribution in [2.24, 2.45) is 0 Å². The third-order valence-electron chi connectivity index (χ3n) is 8.34. The Morgan fingerprint density at radius 3 is 1.91 bits per heavy atom. The third-order valence-corrected chi connectivity index (χ3v) is 8.34. The average Bonchev–Trinajstić information content (AvgIpc) is 3.40. The number of rotatable bonds is 7. The van der Waals surface area contributed by atoms with Gasteiger partial charge in [0.15, 0.2) is 0 Å². The number of para-hydroxylation sites is 2. The normalized spacial score (nSPS) is 11.4. The maximum Gasteiger partial charge on any atom is 0.0542 e. The average molecular weight is 567 g/mol. The summed E-state index contributed by atoms with van der Waals surface area (Å²) in [7, 11) is 0. The lowest BCUT2D eigenvalue weighted by Gasteiger charge is -2.27. The number of nitrogens with zero attached hydrogens (tertiary/aromatic N) is 2. The van der Waals surface area contributed by atoms with Crippen LogP contribution in [0.15, 0.2) is 164 Å². The van der Waals surface area contributed by atoms with E-state index >= 15 is 0 Å². The van der Waals surface area contributed by atoms with Crippen LogP contribution in [0.5, 0.6) is 0 Å². The first-order valence-electron chi connectivity index (χ1n) is 15.1. The summed E-state index contributed by atoms with van der Waals surface area (Å²) in [6, 6.07) is 52.2. The van der Waals surface area contributed by atoms with E-state index in [1.807, 2.05) is 13.0 Å². The zero-order valence-corrected chi connectivity index (χ0v) is 25.1. The molecule has 0 aliphatic rings. The monoisotopic (exact) mass is 566 g/mol. The van der Waals surface area contributed by atoms with Gasteiger partial charge >= 0.3 is 0 Å². The molecule has 7 rings (SSSR count). The highest BCUT2D eigenvalue weighted by molar-refractivity contribution is 6.10. The zero-order valence-electron chi connectivity index (χ0n) is 25.1. The van der Waals surface area contributed by atoms with Gasteiger partial charge in [-0.3, -0.25) is 0 Å². The van der Waals surface area contributed by atoms with Gasteiger partial charge in [-0.15, -0.1) is 0 Å². The Labute approximate surface area is 259 Å². The Bertz CT molecular complexity index is 2130. The van der Waals surface area contributed by atoms with Crippen molar-refractivity contribution >= 4 is 44.4 Å². The van der Waals surface area contributed by atoms with E-state index in [4.69, 9.17) is 0 Å². The van der Waals surface area contributed by atoms with E-state index < -0.39 is 0 Å². The van der Waals surface area contributed by atoms with E-state index in [2.05, 4.69) is 175 Å². The van der Waals surface area contributed by atoms with E-state index in [0.717, 1.165) is 33.9 Å². The Morgan fingerprint density at radius 1 is 0.591 bits per heavy atom. The first kappa shape index (κ1) is 27.2. The summed E-state index contributed by atoms with van der Waals surface area (Å²) in [6.45, 7) is 8.49. The van der Waals surface area contributed by atoms with Crippen LogP contribution in [0.3, 0.4) is 0 Å². The van der Waals surface area contributed by atoms with Crippen LogP contribution in [0, 0.1) is 6.92 Å². The van der Waals surface area contributed by atoms with E-state index in [9.17, 15) is 0 Å². The molecule has 0 aliphatic carbocycles. The topological polar surface area (TPSA) is 8.17 Å². The van der Waals surface area contributed by atoms with Crippen molar-refractivity contribution in [3.05, 3.63) is 175 Å². The van der Waals surface area contributed by atoms with E-state index in [-0.39, 0.29) is 0 Å². The van der Waals surface area contributed by atoms with Gasteiger partial charge in [0.2, 0.25) is 0 Å². The predicted octanol–water partition coefficient (Wildman–Crippen LogP) is 11.8. The smallest absolute Gasteiger partial charge is 0.0542 e. The lowest BCUT2D eigenvalue weighted by Crippen LogP contribution is -2.10. The van der Waals surface area contributed by atoms with Crippen LogP contribution in [0.4, 0.5) is 17.1 Å². The lowest BCUT2D eigenvalue weighted by molar-refractivity contribution is 1.18. The minimum atomic E-state index is 1.02. The van der Waals surface area contributed by atoms with Gasteiger partial charge in [0.05, 0.1) is 11.0 Å². The van der Waals surface area contributed by atoms with Crippen molar-refractivity contribution in [2.45, 2.75) is 13.8 Å². The van der Waals surface area contributed by atoms with Crippen molar-refractivity contribution in [1.29, 1.82) is 0 Å². The summed E-state index contributed by atoms with van der Waals surface area (Å²) in [4.78, 5) is 2.36. The molecule has 0 amide bonds. The Morgan fingerprint density at radius 2 is 1.18 bits per heavy atom. The van der Waals surface area contributed by atoms with Gasteiger partial charge < -0.3 is 9.47 Å². The summed E-state index contributed by atoms with van der Waals surface area (Å²) in [5, 5.41) is 2.46. The molecule has 0 spiro atoms. The van der Waals surface area contributed by atoms with Crippen LogP contribution in [-0.2, 0) is 0 Å². The van der Waals surface area contributed by atoms with E-state index in [1.165, 1.54) is 38.5 Å². The number of fused-ring (bicyclic) bond motifs is 3. The van der Waals surface area contributed by atoms with Crippen LogP contribution in [-0.4, -0.2) is 4.57 Å².